The summed E-state index contributed by atoms with van der Waals surface area (Å²) in [6.07, 6.45) is 0. The van der Waals surface area contributed by atoms with Crippen molar-refractivity contribution in [2.75, 3.05) is 5.73 Å². The normalized spacial score (nSPS) is 11.5. The van der Waals surface area contributed by atoms with E-state index in [2.05, 4.69) is 0 Å². The molecule has 0 aliphatic rings. The number of nitrogen functional groups attached to an aromatic ring is 1. The average molecular weight is 379 g/mol. The van der Waals surface area contributed by atoms with Crippen LogP contribution in [-0.4, -0.2) is 25.9 Å². The molecule has 0 radical (unpaired) electrons. The third-order valence-electron chi connectivity index (χ3n) is 2.51. The van der Waals surface area contributed by atoms with Crippen LogP contribution in [0.4, 0.5) is 5.69 Å². The zero-order valence-corrected chi connectivity index (χ0v) is 19.1. The van der Waals surface area contributed by atoms with E-state index in [0.29, 0.717) is 0 Å². The van der Waals surface area contributed by atoms with Crippen molar-refractivity contribution in [1.82, 2.24) is 0 Å². The maximum atomic E-state index is 11.1. The molecule has 7 nitrogen and oxygen atoms in total. The topological polar surface area (TPSA) is 140 Å². The van der Waals surface area contributed by atoms with Gasteiger partial charge in [-0.2, -0.15) is 0 Å². The molecule has 21 heavy (non-hydrogen) atoms. The summed E-state index contributed by atoms with van der Waals surface area (Å²) in [4.78, 5) is -1.17. The summed E-state index contributed by atoms with van der Waals surface area (Å²) in [7, 11) is -9.50. The number of anilines is 1. The van der Waals surface area contributed by atoms with Crippen molar-refractivity contribution in [1.29, 1.82) is 0 Å². The van der Waals surface area contributed by atoms with Crippen LogP contribution in [0.5, 0.6) is 0 Å². The van der Waals surface area contributed by atoms with E-state index in [1.54, 1.807) is 0 Å². The largest absolute Gasteiger partial charge is 1.00 e. The monoisotopic (exact) mass is 379 g/mol. The first-order chi connectivity index (χ1) is 8.60. The Morgan fingerprint density at radius 2 is 1.38 bits per heavy atom. The van der Waals surface area contributed by atoms with Gasteiger partial charge in [-0.1, -0.05) is 12.1 Å². The Morgan fingerprint density at radius 1 is 0.857 bits per heavy atom. The van der Waals surface area contributed by atoms with Crippen LogP contribution in [0.3, 0.4) is 0 Å². The molecule has 0 bridgehead atoms. The Hall–Kier alpha value is 1.59. The standard InChI is InChI=1S/C10H9NO6S2.2K/c11-8-5-7-6(4-10(8)19(15,16)17)2-1-3-9(7)18(12,13)14;;/h1-5H,11H2,(H,12,13,14)(H,15,16,17);;/q;2*+1/p-2. The number of fused-ring (bicyclic) bond motifs is 1. The number of rotatable bonds is 2. The molecule has 0 atom stereocenters. The van der Waals surface area contributed by atoms with Crippen LogP contribution < -0.4 is 109 Å². The first-order valence-corrected chi connectivity index (χ1v) is 7.66. The molecule has 2 aromatic carbocycles. The van der Waals surface area contributed by atoms with E-state index in [4.69, 9.17) is 5.73 Å². The summed E-state index contributed by atoms with van der Waals surface area (Å²) in [5.41, 5.74) is 5.00. The number of hydrogen-bond donors (Lipinski definition) is 1. The van der Waals surface area contributed by atoms with Crippen molar-refractivity contribution in [3.8, 4) is 0 Å². The maximum Gasteiger partial charge on any atom is 1.00 e. The molecule has 0 amide bonds. The van der Waals surface area contributed by atoms with Crippen molar-refractivity contribution < 1.29 is 129 Å². The van der Waals surface area contributed by atoms with Crippen molar-refractivity contribution in [2.24, 2.45) is 0 Å². The summed E-state index contributed by atoms with van der Waals surface area (Å²) < 4.78 is 66.1. The van der Waals surface area contributed by atoms with Gasteiger partial charge in [0.05, 0.1) is 9.79 Å². The Bertz CT molecular complexity index is 880. The molecule has 0 aromatic heterocycles. The molecule has 0 aliphatic heterocycles. The van der Waals surface area contributed by atoms with E-state index >= 15 is 0 Å². The van der Waals surface area contributed by atoms with Gasteiger partial charge >= 0.3 is 103 Å². The molecule has 2 rings (SSSR count). The molecule has 11 heteroatoms. The van der Waals surface area contributed by atoms with Crippen molar-refractivity contribution in [2.45, 2.75) is 9.79 Å². The van der Waals surface area contributed by atoms with E-state index in [-0.39, 0.29) is 114 Å². The minimum Gasteiger partial charge on any atom is -0.744 e. The van der Waals surface area contributed by atoms with E-state index < -0.39 is 35.7 Å². The van der Waals surface area contributed by atoms with Crippen LogP contribution in [0.15, 0.2) is 40.1 Å². The SMILES string of the molecule is Nc1cc2c(S(=O)(=O)[O-])cccc2cc1S(=O)(=O)[O-].[K+].[K+]. The van der Waals surface area contributed by atoms with Crippen LogP contribution in [0, 0.1) is 0 Å². The Labute approximate surface area is 207 Å². The summed E-state index contributed by atoms with van der Waals surface area (Å²) in [5, 5.41) is 0.1000. The van der Waals surface area contributed by atoms with E-state index in [0.717, 1.165) is 18.2 Å². The van der Waals surface area contributed by atoms with Gasteiger partial charge in [-0.15, -0.1) is 0 Å². The Balaban J connectivity index is 0.00000200. The minimum absolute atomic E-state index is 0. The third kappa shape index (κ3) is 5.29. The number of benzene rings is 2. The molecule has 0 spiro atoms. The summed E-state index contributed by atoms with van der Waals surface area (Å²) >= 11 is 0. The van der Waals surface area contributed by atoms with Crippen LogP contribution in [0.1, 0.15) is 0 Å². The quantitative estimate of drug-likeness (QED) is 0.311. The molecule has 0 heterocycles. The minimum atomic E-state index is -4.78. The fourth-order valence-electron chi connectivity index (χ4n) is 1.73. The molecule has 0 saturated carbocycles. The van der Waals surface area contributed by atoms with Crippen LogP contribution in [0.25, 0.3) is 10.8 Å². The average Bonchev–Trinajstić information content (AvgIpc) is 2.24. The van der Waals surface area contributed by atoms with Gasteiger partial charge in [0.25, 0.3) is 0 Å². The summed E-state index contributed by atoms with van der Waals surface area (Å²) in [6.45, 7) is 0. The van der Waals surface area contributed by atoms with E-state index in [1.807, 2.05) is 0 Å². The van der Waals surface area contributed by atoms with Gasteiger partial charge in [0.1, 0.15) is 20.2 Å². The molecular weight excluding hydrogens is 372 g/mol. The second-order valence-corrected chi connectivity index (χ2v) is 6.47. The Morgan fingerprint density at radius 3 is 1.86 bits per heavy atom. The first kappa shape index (κ1) is 22.6. The van der Waals surface area contributed by atoms with Gasteiger partial charge in [0.2, 0.25) is 0 Å². The van der Waals surface area contributed by atoms with Crippen molar-refractivity contribution >= 4 is 36.7 Å². The zero-order chi connectivity index (χ0) is 14.4. The molecule has 0 fully saturated rings. The van der Waals surface area contributed by atoms with Crippen LogP contribution >= 0.6 is 0 Å². The molecule has 0 saturated heterocycles. The second-order valence-electron chi connectivity index (χ2n) is 3.78. The van der Waals surface area contributed by atoms with Gasteiger partial charge in [-0.05, 0) is 23.6 Å². The molecule has 102 valence electrons. The van der Waals surface area contributed by atoms with Gasteiger partial charge in [-0.3, -0.25) is 0 Å². The Kier molecular flexibility index (Phi) is 8.73. The van der Waals surface area contributed by atoms with Gasteiger partial charge < -0.3 is 14.8 Å². The molecule has 0 aliphatic carbocycles. The number of nitrogens with two attached hydrogens (primary N) is 1. The molecular formula is C10H7K2NO6S2. The maximum absolute atomic E-state index is 11.1. The predicted octanol–water partition coefficient (Wildman–Crippen LogP) is -5.76. The zero-order valence-electron chi connectivity index (χ0n) is 11.2. The van der Waals surface area contributed by atoms with Gasteiger partial charge in [0, 0.05) is 11.1 Å². The molecule has 2 aromatic rings. The second kappa shape index (κ2) is 8.11. The van der Waals surface area contributed by atoms with Gasteiger partial charge in [-0.25, -0.2) is 16.8 Å². The fourth-order valence-corrected chi connectivity index (χ4v) is 3.04. The fraction of sp³-hybridized carbons (Fsp3) is 0. The third-order valence-corrected chi connectivity index (χ3v) is 4.30. The van der Waals surface area contributed by atoms with Gasteiger partial charge in [0.15, 0.2) is 0 Å². The number of hydrogen-bond acceptors (Lipinski definition) is 7. The smallest absolute Gasteiger partial charge is 0.744 e. The van der Waals surface area contributed by atoms with Crippen molar-refractivity contribution in [3.63, 3.8) is 0 Å². The van der Waals surface area contributed by atoms with Crippen LogP contribution in [0.2, 0.25) is 0 Å². The first-order valence-electron chi connectivity index (χ1n) is 4.85. The summed E-state index contributed by atoms with van der Waals surface area (Å²) in [6, 6.07) is 5.66. The van der Waals surface area contributed by atoms with Crippen molar-refractivity contribution in [3.05, 3.63) is 30.3 Å². The van der Waals surface area contributed by atoms with E-state index in [9.17, 15) is 25.9 Å². The predicted molar refractivity (Wildman–Crippen MR) is 64.3 cm³/mol. The van der Waals surface area contributed by atoms with E-state index in [1.165, 1.54) is 12.1 Å². The summed E-state index contributed by atoms with van der Waals surface area (Å²) in [5.74, 6) is 0. The van der Waals surface area contributed by atoms with Crippen LogP contribution in [-0.2, 0) is 20.2 Å². The molecule has 0 unspecified atom stereocenters. The molecule has 2 N–H and O–H groups in total.